The third kappa shape index (κ3) is 5.27. The van der Waals surface area contributed by atoms with Crippen LogP contribution in [0.1, 0.15) is 58.3 Å². The third-order valence-corrected chi connectivity index (χ3v) is 5.04. The maximum absolute atomic E-state index is 11.8. The van der Waals surface area contributed by atoms with Crippen LogP contribution in [0.15, 0.2) is 0 Å². The first kappa shape index (κ1) is 17.3. The number of carbonyl (C=O) groups is 2. The molecule has 1 saturated carbocycles. The zero-order valence-electron chi connectivity index (χ0n) is 14.0. The molecule has 22 heavy (non-hydrogen) atoms. The highest BCUT2D eigenvalue weighted by molar-refractivity contribution is 5.73. The van der Waals surface area contributed by atoms with E-state index >= 15 is 0 Å². The number of carbonyl (C=O) groups excluding carboxylic acids is 2. The van der Waals surface area contributed by atoms with Gasteiger partial charge in [0.05, 0.1) is 7.11 Å². The van der Waals surface area contributed by atoms with Gasteiger partial charge < -0.3 is 15.0 Å². The van der Waals surface area contributed by atoms with Crippen LogP contribution in [0, 0.1) is 5.92 Å². The molecule has 0 aromatic rings. The fourth-order valence-electron chi connectivity index (χ4n) is 3.82. The molecule has 0 bridgehead atoms. The Hall–Kier alpha value is -1.10. The number of piperidine rings is 1. The second-order valence-electron chi connectivity index (χ2n) is 6.84. The molecule has 0 aromatic carbocycles. The van der Waals surface area contributed by atoms with Crippen molar-refractivity contribution in [2.24, 2.45) is 5.92 Å². The van der Waals surface area contributed by atoms with E-state index in [0.29, 0.717) is 24.4 Å². The Balaban J connectivity index is 1.87. The Morgan fingerprint density at radius 2 is 1.86 bits per heavy atom. The summed E-state index contributed by atoms with van der Waals surface area (Å²) in [6.07, 6.45) is 8.79. The SMILES string of the molecule is COC(=O)CCC1CC(NC2CCCCC2)CN(C(C)=O)C1. The van der Waals surface area contributed by atoms with Gasteiger partial charge in [-0.1, -0.05) is 19.3 Å². The summed E-state index contributed by atoms with van der Waals surface area (Å²) in [6, 6.07) is 0.968. The molecule has 0 spiro atoms. The first-order chi connectivity index (χ1) is 10.6. The number of ether oxygens (including phenoxy) is 1. The molecule has 2 unspecified atom stereocenters. The lowest BCUT2D eigenvalue weighted by Crippen LogP contribution is -2.53. The third-order valence-electron chi connectivity index (χ3n) is 5.04. The number of nitrogens with zero attached hydrogens (tertiary/aromatic N) is 1. The van der Waals surface area contributed by atoms with Gasteiger partial charge in [-0.2, -0.15) is 0 Å². The van der Waals surface area contributed by atoms with Gasteiger partial charge in [0.1, 0.15) is 0 Å². The number of likely N-dealkylation sites (tertiary alicyclic amines) is 1. The van der Waals surface area contributed by atoms with Gasteiger partial charge in [-0.15, -0.1) is 0 Å². The number of esters is 1. The van der Waals surface area contributed by atoms with E-state index in [-0.39, 0.29) is 11.9 Å². The number of hydrogen-bond acceptors (Lipinski definition) is 4. The Kier molecular flexibility index (Phi) is 6.68. The molecule has 2 aliphatic rings. The Morgan fingerprint density at radius 3 is 2.50 bits per heavy atom. The van der Waals surface area contributed by atoms with Crippen molar-refractivity contribution >= 4 is 11.9 Å². The summed E-state index contributed by atoms with van der Waals surface area (Å²) in [4.78, 5) is 25.1. The van der Waals surface area contributed by atoms with Crippen molar-refractivity contribution in [3.8, 4) is 0 Å². The Bertz CT molecular complexity index is 380. The largest absolute Gasteiger partial charge is 0.469 e. The molecule has 1 amide bonds. The number of amides is 1. The molecule has 1 aliphatic heterocycles. The quantitative estimate of drug-likeness (QED) is 0.790. The highest BCUT2D eigenvalue weighted by Gasteiger charge is 2.30. The fraction of sp³-hybridized carbons (Fsp3) is 0.882. The fourth-order valence-corrected chi connectivity index (χ4v) is 3.82. The van der Waals surface area contributed by atoms with E-state index in [9.17, 15) is 9.59 Å². The summed E-state index contributed by atoms with van der Waals surface area (Å²) in [5.41, 5.74) is 0. The van der Waals surface area contributed by atoms with Crippen LogP contribution in [0.3, 0.4) is 0 Å². The second-order valence-corrected chi connectivity index (χ2v) is 6.84. The van der Waals surface area contributed by atoms with Crippen molar-refractivity contribution in [3.05, 3.63) is 0 Å². The summed E-state index contributed by atoms with van der Waals surface area (Å²) in [5.74, 6) is 0.368. The van der Waals surface area contributed by atoms with Gasteiger partial charge in [-0.05, 0) is 31.6 Å². The molecule has 126 valence electrons. The molecule has 1 N–H and O–H groups in total. The van der Waals surface area contributed by atoms with Crippen LogP contribution in [0.2, 0.25) is 0 Å². The maximum Gasteiger partial charge on any atom is 0.305 e. The van der Waals surface area contributed by atoms with E-state index in [1.165, 1.54) is 39.2 Å². The monoisotopic (exact) mass is 310 g/mol. The van der Waals surface area contributed by atoms with Crippen LogP contribution in [0.25, 0.3) is 0 Å². The first-order valence-electron chi connectivity index (χ1n) is 8.67. The van der Waals surface area contributed by atoms with E-state index in [2.05, 4.69) is 5.32 Å². The molecule has 2 atom stereocenters. The summed E-state index contributed by atoms with van der Waals surface area (Å²) >= 11 is 0. The molecule has 2 fully saturated rings. The van der Waals surface area contributed by atoms with Crippen LogP contribution in [-0.4, -0.2) is 49.1 Å². The molecule has 0 aromatic heterocycles. The molecular formula is C17H30N2O3. The van der Waals surface area contributed by atoms with E-state index in [1.54, 1.807) is 6.92 Å². The first-order valence-corrected chi connectivity index (χ1v) is 8.67. The summed E-state index contributed by atoms with van der Waals surface area (Å²) in [6.45, 7) is 3.22. The lowest BCUT2D eigenvalue weighted by molar-refractivity contribution is -0.141. The molecular weight excluding hydrogens is 280 g/mol. The van der Waals surface area contributed by atoms with Crippen molar-refractivity contribution in [3.63, 3.8) is 0 Å². The lowest BCUT2D eigenvalue weighted by atomic mass is 9.88. The molecule has 0 radical (unpaired) electrons. The standard InChI is InChI=1S/C17H30N2O3/c1-13(20)19-11-14(8-9-17(21)22-2)10-16(12-19)18-15-6-4-3-5-7-15/h14-16,18H,3-12H2,1-2H3. The van der Waals surface area contributed by atoms with Crippen molar-refractivity contribution in [2.75, 3.05) is 20.2 Å². The second kappa shape index (κ2) is 8.51. The molecule has 5 nitrogen and oxygen atoms in total. The highest BCUT2D eigenvalue weighted by atomic mass is 16.5. The molecule has 1 saturated heterocycles. The predicted molar refractivity (Wildman–Crippen MR) is 85.4 cm³/mol. The van der Waals surface area contributed by atoms with Gasteiger partial charge in [-0.25, -0.2) is 0 Å². The zero-order valence-corrected chi connectivity index (χ0v) is 14.0. The molecule has 2 rings (SSSR count). The molecule has 1 aliphatic carbocycles. The van der Waals surface area contributed by atoms with E-state index in [4.69, 9.17) is 4.74 Å². The van der Waals surface area contributed by atoms with Crippen molar-refractivity contribution in [2.45, 2.75) is 70.4 Å². The summed E-state index contributed by atoms with van der Waals surface area (Å²) in [7, 11) is 1.43. The van der Waals surface area contributed by atoms with Gasteiger partial charge >= 0.3 is 5.97 Å². The highest BCUT2D eigenvalue weighted by Crippen LogP contribution is 2.24. The van der Waals surface area contributed by atoms with E-state index in [0.717, 1.165) is 25.9 Å². The van der Waals surface area contributed by atoms with Gasteiger partial charge in [0, 0.05) is 38.5 Å². The Morgan fingerprint density at radius 1 is 1.14 bits per heavy atom. The van der Waals surface area contributed by atoms with Crippen LogP contribution < -0.4 is 5.32 Å². The normalized spacial score (nSPS) is 26.7. The maximum atomic E-state index is 11.8. The minimum absolute atomic E-state index is 0.137. The predicted octanol–water partition coefficient (Wildman–Crippen LogP) is 2.10. The van der Waals surface area contributed by atoms with E-state index < -0.39 is 0 Å². The van der Waals surface area contributed by atoms with Crippen LogP contribution in [-0.2, 0) is 14.3 Å². The number of methoxy groups -OCH3 is 1. The topological polar surface area (TPSA) is 58.6 Å². The smallest absolute Gasteiger partial charge is 0.305 e. The summed E-state index contributed by atoms with van der Waals surface area (Å²) < 4.78 is 4.73. The zero-order chi connectivity index (χ0) is 15.9. The lowest BCUT2D eigenvalue weighted by Gasteiger charge is -2.40. The van der Waals surface area contributed by atoms with Gasteiger partial charge in [0.25, 0.3) is 0 Å². The summed E-state index contributed by atoms with van der Waals surface area (Å²) in [5, 5.41) is 3.76. The van der Waals surface area contributed by atoms with Gasteiger partial charge in [0.2, 0.25) is 5.91 Å². The van der Waals surface area contributed by atoms with E-state index in [1.807, 2.05) is 4.90 Å². The molecule has 1 heterocycles. The number of hydrogen-bond donors (Lipinski definition) is 1. The minimum atomic E-state index is -0.156. The number of nitrogens with one attached hydrogen (secondary N) is 1. The molecule has 5 heteroatoms. The van der Waals surface area contributed by atoms with Gasteiger partial charge in [0.15, 0.2) is 0 Å². The van der Waals surface area contributed by atoms with Crippen LogP contribution in [0.5, 0.6) is 0 Å². The van der Waals surface area contributed by atoms with Crippen molar-refractivity contribution < 1.29 is 14.3 Å². The average Bonchev–Trinajstić information content (AvgIpc) is 2.53. The minimum Gasteiger partial charge on any atom is -0.469 e. The van der Waals surface area contributed by atoms with Crippen LogP contribution in [0.4, 0.5) is 0 Å². The van der Waals surface area contributed by atoms with Gasteiger partial charge in [-0.3, -0.25) is 9.59 Å². The van der Waals surface area contributed by atoms with Crippen molar-refractivity contribution in [1.82, 2.24) is 10.2 Å². The van der Waals surface area contributed by atoms with Crippen LogP contribution >= 0.6 is 0 Å². The average molecular weight is 310 g/mol. The number of rotatable bonds is 5. The van der Waals surface area contributed by atoms with Crippen molar-refractivity contribution in [1.29, 1.82) is 0 Å². The Labute approximate surface area is 133 Å².